The maximum atomic E-state index is 12.3. The standard InChI is InChI=1S/C7H6F3N3O2/c8-7(9,10)6-3(2-12-13-6)5(15)4(14)1-11/h2,4-5,14-15H,(H,12,13). The SMILES string of the molecule is N#CC(O)C(O)c1cn[nH]c1C(F)(F)F. The number of rotatable bonds is 2. The molecule has 0 spiro atoms. The second-order valence-electron chi connectivity index (χ2n) is 2.72. The summed E-state index contributed by atoms with van der Waals surface area (Å²) in [5.74, 6) is 0. The summed E-state index contributed by atoms with van der Waals surface area (Å²) in [5.41, 5.74) is -1.93. The minimum absolute atomic E-state index is 0.656. The lowest BCUT2D eigenvalue weighted by Gasteiger charge is -2.13. The number of alkyl halides is 3. The lowest BCUT2D eigenvalue weighted by molar-refractivity contribution is -0.143. The molecule has 1 rings (SSSR count). The Morgan fingerprint density at radius 1 is 1.47 bits per heavy atom. The van der Waals surface area contributed by atoms with Crippen molar-refractivity contribution in [3.8, 4) is 6.07 Å². The first kappa shape index (κ1) is 11.5. The third-order valence-electron chi connectivity index (χ3n) is 1.70. The fourth-order valence-electron chi connectivity index (χ4n) is 0.987. The molecule has 1 heterocycles. The molecule has 82 valence electrons. The lowest BCUT2D eigenvalue weighted by Crippen LogP contribution is -2.19. The molecule has 0 bridgehead atoms. The van der Waals surface area contributed by atoms with E-state index in [-0.39, 0.29) is 0 Å². The van der Waals surface area contributed by atoms with Gasteiger partial charge in [-0.15, -0.1) is 0 Å². The first-order valence-electron chi connectivity index (χ1n) is 3.74. The van der Waals surface area contributed by atoms with Crippen molar-refractivity contribution in [1.29, 1.82) is 5.26 Å². The summed E-state index contributed by atoms with van der Waals surface area (Å²) in [6.45, 7) is 0. The number of hydrogen-bond acceptors (Lipinski definition) is 4. The van der Waals surface area contributed by atoms with Crippen LogP contribution in [0.5, 0.6) is 0 Å². The Morgan fingerprint density at radius 3 is 2.53 bits per heavy atom. The molecule has 0 saturated carbocycles. The van der Waals surface area contributed by atoms with E-state index in [9.17, 15) is 18.3 Å². The molecule has 0 aromatic carbocycles. The second kappa shape index (κ2) is 3.88. The van der Waals surface area contributed by atoms with Crippen molar-refractivity contribution in [2.24, 2.45) is 0 Å². The lowest BCUT2D eigenvalue weighted by atomic mass is 10.1. The van der Waals surface area contributed by atoms with Crippen molar-refractivity contribution in [2.45, 2.75) is 18.4 Å². The van der Waals surface area contributed by atoms with Crippen LogP contribution in [-0.2, 0) is 6.18 Å². The van der Waals surface area contributed by atoms with Gasteiger partial charge in [0.05, 0.1) is 12.3 Å². The quantitative estimate of drug-likeness (QED) is 0.628. The highest BCUT2D eigenvalue weighted by atomic mass is 19.4. The van der Waals surface area contributed by atoms with Crippen LogP contribution in [0, 0.1) is 11.3 Å². The molecule has 1 aromatic heterocycles. The normalized spacial score (nSPS) is 15.7. The Labute approximate surface area is 81.8 Å². The van der Waals surface area contributed by atoms with Crippen molar-refractivity contribution < 1.29 is 23.4 Å². The second-order valence-corrected chi connectivity index (χ2v) is 2.72. The summed E-state index contributed by atoms with van der Waals surface area (Å²) in [6, 6.07) is 1.23. The molecule has 15 heavy (non-hydrogen) atoms. The summed E-state index contributed by atoms with van der Waals surface area (Å²) in [5, 5.41) is 31.0. The van der Waals surface area contributed by atoms with Crippen molar-refractivity contribution in [3.05, 3.63) is 17.5 Å². The first-order valence-corrected chi connectivity index (χ1v) is 3.74. The van der Waals surface area contributed by atoms with Crippen molar-refractivity contribution in [2.75, 3.05) is 0 Å². The molecule has 0 amide bonds. The summed E-state index contributed by atoms with van der Waals surface area (Å²) in [6.07, 6.45) is -7.87. The number of nitriles is 1. The van der Waals surface area contributed by atoms with Crippen LogP contribution < -0.4 is 0 Å². The Bertz CT molecular complexity index is 382. The van der Waals surface area contributed by atoms with Crippen LogP contribution in [0.15, 0.2) is 6.20 Å². The van der Waals surface area contributed by atoms with Crippen LogP contribution in [0.1, 0.15) is 17.4 Å². The van der Waals surface area contributed by atoms with E-state index in [4.69, 9.17) is 10.4 Å². The minimum atomic E-state index is -4.72. The van der Waals surface area contributed by atoms with Gasteiger partial charge in [0.25, 0.3) is 0 Å². The molecule has 0 saturated heterocycles. The van der Waals surface area contributed by atoms with Crippen LogP contribution in [-0.4, -0.2) is 26.5 Å². The zero-order chi connectivity index (χ0) is 11.6. The number of hydrogen-bond donors (Lipinski definition) is 3. The van der Waals surface area contributed by atoms with Gasteiger partial charge in [0.2, 0.25) is 0 Å². The van der Waals surface area contributed by atoms with E-state index in [0.717, 1.165) is 0 Å². The zero-order valence-electron chi connectivity index (χ0n) is 7.15. The molecule has 0 aliphatic rings. The molecule has 3 N–H and O–H groups in total. The van der Waals surface area contributed by atoms with E-state index in [0.29, 0.717) is 6.20 Å². The van der Waals surface area contributed by atoms with Gasteiger partial charge in [-0.3, -0.25) is 5.10 Å². The number of nitrogens with one attached hydrogen (secondary N) is 1. The van der Waals surface area contributed by atoms with Gasteiger partial charge < -0.3 is 10.2 Å². The van der Waals surface area contributed by atoms with Gasteiger partial charge >= 0.3 is 6.18 Å². The number of aromatic nitrogens is 2. The average Bonchev–Trinajstić information content (AvgIpc) is 2.63. The van der Waals surface area contributed by atoms with E-state index in [1.807, 2.05) is 0 Å². The Morgan fingerprint density at radius 2 is 2.07 bits per heavy atom. The number of aliphatic hydroxyl groups excluding tert-OH is 2. The third-order valence-corrected chi connectivity index (χ3v) is 1.70. The summed E-state index contributed by atoms with van der Waals surface area (Å²) in [4.78, 5) is 0. The number of nitrogens with zero attached hydrogens (tertiary/aromatic N) is 2. The van der Waals surface area contributed by atoms with E-state index in [1.54, 1.807) is 5.10 Å². The third kappa shape index (κ3) is 2.26. The van der Waals surface area contributed by atoms with E-state index >= 15 is 0 Å². The smallest absolute Gasteiger partial charge is 0.384 e. The summed E-state index contributed by atoms with van der Waals surface area (Å²) in [7, 11) is 0. The molecule has 0 fully saturated rings. The van der Waals surface area contributed by atoms with Crippen molar-refractivity contribution >= 4 is 0 Å². The van der Waals surface area contributed by atoms with Crippen molar-refractivity contribution in [3.63, 3.8) is 0 Å². The predicted molar refractivity (Wildman–Crippen MR) is 40.2 cm³/mol. The van der Waals surface area contributed by atoms with E-state index < -0.39 is 29.6 Å². The molecule has 2 atom stereocenters. The largest absolute Gasteiger partial charge is 0.433 e. The molecular formula is C7H6F3N3O2. The summed E-state index contributed by atoms with van der Waals surface area (Å²) >= 11 is 0. The number of H-pyrrole nitrogens is 1. The van der Waals surface area contributed by atoms with Gasteiger partial charge in [0.15, 0.2) is 6.10 Å². The Hall–Kier alpha value is -1.59. The van der Waals surface area contributed by atoms with E-state index in [1.165, 1.54) is 6.07 Å². The Kier molecular flexibility index (Phi) is 2.97. The molecule has 5 nitrogen and oxygen atoms in total. The van der Waals surface area contributed by atoms with Gasteiger partial charge in [-0.05, 0) is 0 Å². The predicted octanol–water partition coefficient (Wildman–Crippen LogP) is 0.346. The molecule has 0 aliphatic carbocycles. The molecule has 0 radical (unpaired) electrons. The molecule has 2 unspecified atom stereocenters. The fraction of sp³-hybridized carbons (Fsp3) is 0.429. The van der Waals surface area contributed by atoms with E-state index in [2.05, 4.69) is 5.10 Å². The molecule has 8 heteroatoms. The fourth-order valence-corrected chi connectivity index (χ4v) is 0.987. The highest BCUT2D eigenvalue weighted by Gasteiger charge is 2.38. The van der Waals surface area contributed by atoms with Crippen LogP contribution in [0.3, 0.4) is 0 Å². The Balaban J connectivity index is 3.07. The highest BCUT2D eigenvalue weighted by molar-refractivity contribution is 5.24. The highest BCUT2D eigenvalue weighted by Crippen LogP contribution is 2.33. The van der Waals surface area contributed by atoms with Gasteiger partial charge in [-0.2, -0.15) is 23.5 Å². The van der Waals surface area contributed by atoms with Gasteiger partial charge in [0.1, 0.15) is 11.8 Å². The zero-order valence-corrected chi connectivity index (χ0v) is 7.15. The van der Waals surface area contributed by atoms with Crippen molar-refractivity contribution in [1.82, 2.24) is 10.2 Å². The number of halogens is 3. The molecule has 1 aromatic rings. The molecule has 0 aliphatic heterocycles. The van der Waals surface area contributed by atoms with Crippen LogP contribution in [0.2, 0.25) is 0 Å². The number of aromatic amines is 1. The van der Waals surface area contributed by atoms with Gasteiger partial charge in [0, 0.05) is 5.56 Å². The van der Waals surface area contributed by atoms with Crippen LogP contribution in [0.25, 0.3) is 0 Å². The number of aliphatic hydroxyl groups is 2. The maximum Gasteiger partial charge on any atom is 0.433 e. The topological polar surface area (TPSA) is 92.9 Å². The summed E-state index contributed by atoms with van der Waals surface area (Å²) < 4.78 is 36.8. The average molecular weight is 221 g/mol. The van der Waals surface area contributed by atoms with Gasteiger partial charge in [-0.25, -0.2) is 0 Å². The van der Waals surface area contributed by atoms with Crippen LogP contribution in [0.4, 0.5) is 13.2 Å². The first-order chi connectivity index (χ1) is 6.88. The van der Waals surface area contributed by atoms with Gasteiger partial charge in [-0.1, -0.05) is 0 Å². The maximum absolute atomic E-state index is 12.3. The molecular weight excluding hydrogens is 215 g/mol. The van der Waals surface area contributed by atoms with Crippen LogP contribution >= 0.6 is 0 Å². The monoisotopic (exact) mass is 221 g/mol. The minimum Gasteiger partial charge on any atom is -0.384 e.